The highest BCUT2D eigenvalue weighted by Crippen LogP contribution is 2.32. The lowest BCUT2D eigenvalue weighted by molar-refractivity contribution is 0.0698. The van der Waals surface area contributed by atoms with E-state index in [0.29, 0.717) is 28.0 Å². The quantitative estimate of drug-likeness (QED) is 0.477. The predicted octanol–water partition coefficient (Wildman–Crippen LogP) is 5.34. The Kier molecular flexibility index (Phi) is 4.65. The van der Waals surface area contributed by atoms with E-state index in [1.54, 1.807) is 18.5 Å². The number of rotatable bonds is 5. The Morgan fingerprint density at radius 2 is 2.04 bits per heavy atom. The molecule has 0 saturated carbocycles. The first-order valence-electron chi connectivity index (χ1n) is 8.97. The minimum Gasteiger partial charge on any atom is -0.478 e. The Hall–Kier alpha value is -3.12. The first kappa shape index (κ1) is 18.3. The van der Waals surface area contributed by atoms with Gasteiger partial charge in [0, 0.05) is 17.0 Å². The molecular formula is C21H19ClN4O2. The van der Waals surface area contributed by atoms with Crippen LogP contribution in [0.5, 0.6) is 0 Å². The van der Waals surface area contributed by atoms with E-state index in [-0.39, 0.29) is 5.56 Å². The molecule has 2 aromatic carbocycles. The molecule has 7 heteroatoms. The van der Waals surface area contributed by atoms with E-state index in [2.05, 4.69) is 28.7 Å². The van der Waals surface area contributed by atoms with Gasteiger partial charge in [-0.2, -0.15) is 0 Å². The minimum absolute atomic E-state index is 0.120. The Morgan fingerprint density at radius 3 is 2.79 bits per heavy atom. The number of carboxylic acids is 1. The SMILES string of the molecule is CC(C)Cn1cnc2c(Nc3cc(Cl)ccc3C(=O)O)nc3ccccc3c21. The second kappa shape index (κ2) is 7.13. The van der Waals surface area contributed by atoms with E-state index in [9.17, 15) is 9.90 Å². The third kappa shape index (κ3) is 3.27. The van der Waals surface area contributed by atoms with Gasteiger partial charge >= 0.3 is 5.97 Å². The van der Waals surface area contributed by atoms with Crippen LogP contribution in [0.2, 0.25) is 5.02 Å². The number of imidazole rings is 1. The van der Waals surface area contributed by atoms with Crippen LogP contribution in [0.25, 0.3) is 21.9 Å². The average molecular weight is 395 g/mol. The van der Waals surface area contributed by atoms with Gasteiger partial charge in [0.05, 0.1) is 28.6 Å². The molecule has 0 aliphatic carbocycles. The summed E-state index contributed by atoms with van der Waals surface area (Å²) >= 11 is 6.09. The van der Waals surface area contributed by atoms with Crippen molar-refractivity contribution in [3.63, 3.8) is 0 Å². The van der Waals surface area contributed by atoms with Gasteiger partial charge in [-0.3, -0.25) is 0 Å². The largest absolute Gasteiger partial charge is 0.478 e. The number of anilines is 2. The molecule has 0 bridgehead atoms. The number of hydrogen-bond donors (Lipinski definition) is 2. The predicted molar refractivity (Wildman–Crippen MR) is 112 cm³/mol. The molecule has 4 rings (SSSR count). The number of pyridine rings is 1. The van der Waals surface area contributed by atoms with Gasteiger partial charge in [-0.05, 0) is 30.2 Å². The van der Waals surface area contributed by atoms with Gasteiger partial charge in [-0.1, -0.05) is 43.6 Å². The van der Waals surface area contributed by atoms with Crippen molar-refractivity contribution >= 4 is 51.0 Å². The highest BCUT2D eigenvalue weighted by atomic mass is 35.5. The minimum atomic E-state index is -1.04. The van der Waals surface area contributed by atoms with Crippen molar-refractivity contribution in [3.8, 4) is 0 Å². The van der Waals surface area contributed by atoms with Gasteiger partial charge in [0.15, 0.2) is 5.82 Å². The van der Waals surface area contributed by atoms with Crippen molar-refractivity contribution in [3.05, 3.63) is 59.4 Å². The molecule has 0 unspecified atom stereocenters. The Balaban J connectivity index is 1.94. The van der Waals surface area contributed by atoms with Crippen LogP contribution >= 0.6 is 11.6 Å². The molecule has 0 atom stereocenters. The summed E-state index contributed by atoms with van der Waals surface area (Å²) in [7, 11) is 0. The maximum Gasteiger partial charge on any atom is 0.337 e. The summed E-state index contributed by atoms with van der Waals surface area (Å²) < 4.78 is 2.12. The smallest absolute Gasteiger partial charge is 0.337 e. The first-order valence-corrected chi connectivity index (χ1v) is 9.35. The zero-order valence-electron chi connectivity index (χ0n) is 15.5. The maximum absolute atomic E-state index is 11.6. The standard InChI is InChI=1S/C21H19ClN4O2/c1-12(2)10-26-11-23-18-19(26)14-5-3-4-6-16(14)24-20(18)25-17-9-13(22)7-8-15(17)21(27)28/h3-9,11-12H,10H2,1-2H3,(H,24,25)(H,27,28). The van der Waals surface area contributed by atoms with Crippen molar-refractivity contribution in [1.29, 1.82) is 0 Å². The molecule has 4 aromatic rings. The number of nitrogens with zero attached hydrogens (tertiary/aromatic N) is 3. The van der Waals surface area contributed by atoms with Crippen LogP contribution in [0.4, 0.5) is 11.5 Å². The Labute approximate surface area is 166 Å². The monoisotopic (exact) mass is 394 g/mol. The van der Waals surface area contributed by atoms with Gasteiger partial charge in [-0.25, -0.2) is 14.8 Å². The molecule has 0 saturated heterocycles. The highest BCUT2D eigenvalue weighted by Gasteiger charge is 2.17. The molecule has 0 aliphatic heterocycles. The van der Waals surface area contributed by atoms with E-state index >= 15 is 0 Å². The van der Waals surface area contributed by atoms with Crippen molar-refractivity contribution in [1.82, 2.24) is 14.5 Å². The van der Waals surface area contributed by atoms with Gasteiger partial charge in [0.1, 0.15) is 5.52 Å². The molecule has 2 heterocycles. The van der Waals surface area contributed by atoms with Crippen molar-refractivity contribution in [2.45, 2.75) is 20.4 Å². The fraction of sp³-hybridized carbons (Fsp3) is 0.190. The summed E-state index contributed by atoms with van der Waals surface area (Å²) in [5.41, 5.74) is 2.97. The van der Waals surface area contributed by atoms with Crippen LogP contribution in [-0.2, 0) is 6.54 Å². The number of nitrogens with one attached hydrogen (secondary N) is 1. The lowest BCUT2D eigenvalue weighted by atomic mass is 10.1. The summed E-state index contributed by atoms with van der Waals surface area (Å²) in [4.78, 5) is 20.9. The molecule has 0 radical (unpaired) electrons. The molecule has 6 nitrogen and oxygen atoms in total. The number of hydrogen-bond acceptors (Lipinski definition) is 4. The Morgan fingerprint density at radius 1 is 1.25 bits per heavy atom. The molecule has 142 valence electrons. The number of halogens is 1. The Bertz CT molecular complexity index is 1200. The van der Waals surface area contributed by atoms with Gasteiger partial charge in [0.25, 0.3) is 0 Å². The van der Waals surface area contributed by atoms with Crippen LogP contribution in [0, 0.1) is 5.92 Å². The van der Waals surface area contributed by atoms with E-state index in [1.807, 2.05) is 24.3 Å². The number of aromatic carboxylic acids is 1. The molecule has 0 spiro atoms. The van der Waals surface area contributed by atoms with Crippen LogP contribution in [-0.4, -0.2) is 25.6 Å². The first-order chi connectivity index (χ1) is 13.4. The van der Waals surface area contributed by atoms with E-state index < -0.39 is 5.97 Å². The molecule has 28 heavy (non-hydrogen) atoms. The molecule has 0 fully saturated rings. The van der Waals surface area contributed by atoms with Crippen LogP contribution < -0.4 is 5.32 Å². The number of benzene rings is 2. The number of aromatic nitrogens is 3. The number of para-hydroxylation sites is 1. The van der Waals surface area contributed by atoms with E-state index in [4.69, 9.17) is 16.6 Å². The third-order valence-electron chi connectivity index (χ3n) is 4.48. The normalized spacial score (nSPS) is 11.4. The van der Waals surface area contributed by atoms with Gasteiger partial charge in [-0.15, -0.1) is 0 Å². The van der Waals surface area contributed by atoms with E-state index in [0.717, 1.165) is 23.0 Å². The number of carbonyl (C=O) groups is 1. The number of carboxylic acid groups (broad SMARTS) is 1. The van der Waals surface area contributed by atoms with E-state index in [1.165, 1.54) is 6.07 Å². The summed E-state index contributed by atoms with van der Waals surface area (Å²) in [5.74, 6) is -0.0882. The summed E-state index contributed by atoms with van der Waals surface area (Å²) in [5, 5.41) is 14.1. The molecule has 2 aromatic heterocycles. The van der Waals surface area contributed by atoms with Gasteiger partial charge < -0.3 is 15.0 Å². The third-order valence-corrected chi connectivity index (χ3v) is 4.72. The lowest BCUT2D eigenvalue weighted by Crippen LogP contribution is -2.05. The van der Waals surface area contributed by atoms with Crippen LogP contribution in [0.3, 0.4) is 0 Å². The second-order valence-electron chi connectivity index (χ2n) is 7.09. The number of fused-ring (bicyclic) bond motifs is 3. The average Bonchev–Trinajstić information content (AvgIpc) is 3.05. The van der Waals surface area contributed by atoms with Crippen molar-refractivity contribution < 1.29 is 9.90 Å². The van der Waals surface area contributed by atoms with Crippen molar-refractivity contribution in [2.75, 3.05) is 5.32 Å². The molecule has 2 N–H and O–H groups in total. The topological polar surface area (TPSA) is 80.0 Å². The fourth-order valence-electron chi connectivity index (χ4n) is 3.34. The summed E-state index contributed by atoms with van der Waals surface area (Å²) in [6.45, 7) is 5.13. The van der Waals surface area contributed by atoms with Gasteiger partial charge in [0.2, 0.25) is 0 Å². The molecule has 0 aliphatic rings. The fourth-order valence-corrected chi connectivity index (χ4v) is 3.51. The molecule has 0 amide bonds. The van der Waals surface area contributed by atoms with Crippen LogP contribution in [0.15, 0.2) is 48.8 Å². The van der Waals surface area contributed by atoms with Crippen LogP contribution in [0.1, 0.15) is 24.2 Å². The zero-order chi connectivity index (χ0) is 19.8. The summed E-state index contributed by atoms with van der Waals surface area (Å²) in [6.07, 6.45) is 1.81. The maximum atomic E-state index is 11.6. The summed E-state index contributed by atoms with van der Waals surface area (Å²) in [6, 6.07) is 12.5. The van der Waals surface area contributed by atoms with Crippen molar-refractivity contribution in [2.24, 2.45) is 5.92 Å². The second-order valence-corrected chi connectivity index (χ2v) is 7.52. The zero-order valence-corrected chi connectivity index (χ0v) is 16.2. The molecular weight excluding hydrogens is 376 g/mol. The highest BCUT2D eigenvalue weighted by molar-refractivity contribution is 6.31. The lowest BCUT2D eigenvalue weighted by Gasteiger charge is -2.13.